The first-order valence-corrected chi connectivity index (χ1v) is 7.46. The Labute approximate surface area is 133 Å². The van der Waals surface area contributed by atoms with E-state index in [1.54, 1.807) is 16.8 Å². The van der Waals surface area contributed by atoms with E-state index in [9.17, 15) is 4.79 Å². The van der Waals surface area contributed by atoms with Gasteiger partial charge in [0.1, 0.15) is 0 Å². The summed E-state index contributed by atoms with van der Waals surface area (Å²) in [4.78, 5) is 17.0. The molecule has 2 aromatic heterocycles. The summed E-state index contributed by atoms with van der Waals surface area (Å²) >= 11 is 0. The smallest absolute Gasteiger partial charge is 0.255 e. The van der Waals surface area contributed by atoms with Crippen LogP contribution >= 0.6 is 0 Å². The van der Waals surface area contributed by atoms with Gasteiger partial charge in [0.2, 0.25) is 0 Å². The molecule has 0 aliphatic carbocycles. The van der Waals surface area contributed by atoms with Crippen LogP contribution in [0.25, 0.3) is 27.8 Å². The third kappa shape index (κ3) is 2.32. The number of hydrogen-bond donors (Lipinski definition) is 0. The highest BCUT2D eigenvalue weighted by Crippen LogP contribution is 2.26. The SMILES string of the molecule is O=c1ccc2c(-c3ccccc3)nccc2n1-c1ccccc1. The van der Waals surface area contributed by atoms with Crippen molar-refractivity contribution in [1.82, 2.24) is 9.55 Å². The van der Waals surface area contributed by atoms with Gasteiger partial charge >= 0.3 is 0 Å². The largest absolute Gasteiger partial charge is 0.277 e. The fourth-order valence-corrected chi connectivity index (χ4v) is 2.84. The highest BCUT2D eigenvalue weighted by molar-refractivity contribution is 5.93. The normalized spacial score (nSPS) is 10.8. The fourth-order valence-electron chi connectivity index (χ4n) is 2.84. The van der Waals surface area contributed by atoms with Crippen LogP contribution in [-0.4, -0.2) is 9.55 Å². The number of rotatable bonds is 2. The van der Waals surface area contributed by atoms with Crippen molar-refractivity contribution >= 4 is 10.9 Å². The maximum absolute atomic E-state index is 12.4. The third-order valence-electron chi connectivity index (χ3n) is 3.88. The van der Waals surface area contributed by atoms with E-state index in [4.69, 9.17) is 0 Å². The molecule has 0 spiro atoms. The predicted octanol–water partition coefficient (Wildman–Crippen LogP) is 4.05. The summed E-state index contributed by atoms with van der Waals surface area (Å²) in [5, 5.41) is 0.960. The third-order valence-corrected chi connectivity index (χ3v) is 3.88. The summed E-state index contributed by atoms with van der Waals surface area (Å²) in [6.07, 6.45) is 1.75. The van der Waals surface area contributed by atoms with E-state index in [0.717, 1.165) is 27.8 Å². The molecule has 0 amide bonds. The first-order chi connectivity index (χ1) is 11.3. The molecule has 23 heavy (non-hydrogen) atoms. The number of nitrogens with zero attached hydrogens (tertiary/aromatic N) is 2. The molecule has 0 aliphatic heterocycles. The molecule has 0 fully saturated rings. The Hall–Kier alpha value is -3.20. The van der Waals surface area contributed by atoms with Crippen molar-refractivity contribution in [2.24, 2.45) is 0 Å². The second-order valence-corrected chi connectivity index (χ2v) is 5.30. The van der Waals surface area contributed by atoms with E-state index in [-0.39, 0.29) is 5.56 Å². The Bertz CT molecular complexity index is 1020. The van der Waals surface area contributed by atoms with Gasteiger partial charge in [-0.1, -0.05) is 48.5 Å². The lowest BCUT2D eigenvalue weighted by molar-refractivity contribution is 1.04. The van der Waals surface area contributed by atoms with Crippen LogP contribution in [0.15, 0.2) is 89.9 Å². The zero-order valence-electron chi connectivity index (χ0n) is 12.4. The van der Waals surface area contributed by atoms with Crippen LogP contribution in [-0.2, 0) is 0 Å². The minimum atomic E-state index is -0.0473. The first kappa shape index (κ1) is 13.5. The molecule has 0 aliphatic rings. The maximum Gasteiger partial charge on any atom is 0.255 e. The first-order valence-electron chi connectivity index (χ1n) is 7.46. The van der Waals surface area contributed by atoms with E-state index >= 15 is 0 Å². The molecule has 3 nitrogen and oxygen atoms in total. The standard InChI is InChI=1S/C20H14N2O/c23-19-12-11-17-18(22(19)16-9-5-2-6-10-16)13-14-21-20(17)15-7-3-1-4-8-15/h1-14H. The minimum Gasteiger partial charge on any atom is -0.277 e. The van der Waals surface area contributed by atoms with Gasteiger partial charge in [0.25, 0.3) is 5.56 Å². The van der Waals surface area contributed by atoms with Crippen molar-refractivity contribution in [1.29, 1.82) is 0 Å². The Balaban J connectivity index is 2.07. The number of pyridine rings is 2. The van der Waals surface area contributed by atoms with Crippen molar-refractivity contribution in [3.8, 4) is 16.9 Å². The molecule has 3 heteroatoms. The number of fused-ring (bicyclic) bond motifs is 1. The minimum absolute atomic E-state index is 0.0473. The van der Waals surface area contributed by atoms with E-state index in [0.29, 0.717) is 0 Å². The number of para-hydroxylation sites is 1. The molecule has 2 aromatic carbocycles. The molecular weight excluding hydrogens is 284 g/mol. The number of aromatic nitrogens is 2. The van der Waals surface area contributed by atoms with Crippen molar-refractivity contribution in [3.05, 3.63) is 95.4 Å². The Morgan fingerprint density at radius 2 is 1.43 bits per heavy atom. The van der Waals surface area contributed by atoms with E-state index in [2.05, 4.69) is 4.98 Å². The molecule has 4 aromatic rings. The number of benzene rings is 2. The van der Waals surface area contributed by atoms with Gasteiger partial charge in [0.15, 0.2) is 0 Å². The summed E-state index contributed by atoms with van der Waals surface area (Å²) in [5.74, 6) is 0. The lowest BCUT2D eigenvalue weighted by atomic mass is 10.1. The van der Waals surface area contributed by atoms with Gasteiger partial charge in [-0.3, -0.25) is 14.3 Å². The summed E-state index contributed by atoms with van der Waals surface area (Å²) in [6.45, 7) is 0. The van der Waals surface area contributed by atoms with Crippen LogP contribution in [0.5, 0.6) is 0 Å². The molecule has 0 saturated heterocycles. The van der Waals surface area contributed by atoms with Crippen molar-refractivity contribution in [3.63, 3.8) is 0 Å². The van der Waals surface area contributed by atoms with E-state index < -0.39 is 0 Å². The Morgan fingerprint density at radius 3 is 2.17 bits per heavy atom. The molecule has 0 radical (unpaired) electrons. The van der Waals surface area contributed by atoms with Gasteiger partial charge in [-0.2, -0.15) is 0 Å². The van der Waals surface area contributed by atoms with Crippen LogP contribution < -0.4 is 5.56 Å². The summed E-state index contributed by atoms with van der Waals surface area (Å²) in [6, 6.07) is 25.0. The summed E-state index contributed by atoms with van der Waals surface area (Å²) in [5.41, 5.74) is 3.59. The topological polar surface area (TPSA) is 34.9 Å². The molecule has 2 heterocycles. The highest BCUT2D eigenvalue weighted by Gasteiger charge is 2.10. The molecule has 0 saturated carbocycles. The average Bonchev–Trinajstić information content (AvgIpc) is 2.62. The fraction of sp³-hybridized carbons (Fsp3) is 0. The van der Waals surface area contributed by atoms with Crippen LogP contribution in [0.1, 0.15) is 0 Å². The van der Waals surface area contributed by atoms with Gasteiger partial charge in [0, 0.05) is 28.9 Å². The second-order valence-electron chi connectivity index (χ2n) is 5.30. The van der Waals surface area contributed by atoms with Crippen molar-refractivity contribution in [2.75, 3.05) is 0 Å². The number of hydrogen-bond acceptors (Lipinski definition) is 2. The Kier molecular flexibility index (Phi) is 3.24. The summed E-state index contributed by atoms with van der Waals surface area (Å²) in [7, 11) is 0. The monoisotopic (exact) mass is 298 g/mol. The lowest BCUT2D eigenvalue weighted by Gasteiger charge is -2.12. The highest BCUT2D eigenvalue weighted by atomic mass is 16.1. The van der Waals surface area contributed by atoms with Crippen LogP contribution in [0.2, 0.25) is 0 Å². The molecule has 110 valence electrons. The molecule has 0 bridgehead atoms. The van der Waals surface area contributed by atoms with Crippen LogP contribution in [0, 0.1) is 0 Å². The second kappa shape index (κ2) is 5.54. The van der Waals surface area contributed by atoms with E-state index in [1.165, 1.54) is 0 Å². The van der Waals surface area contributed by atoms with Crippen molar-refractivity contribution < 1.29 is 0 Å². The van der Waals surface area contributed by atoms with Crippen molar-refractivity contribution in [2.45, 2.75) is 0 Å². The maximum atomic E-state index is 12.4. The molecule has 0 atom stereocenters. The molecule has 0 N–H and O–H groups in total. The van der Waals surface area contributed by atoms with Gasteiger partial charge in [-0.25, -0.2) is 0 Å². The zero-order chi connectivity index (χ0) is 15.6. The molecule has 0 unspecified atom stereocenters. The van der Waals surface area contributed by atoms with Gasteiger partial charge in [-0.15, -0.1) is 0 Å². The van der Waals surface area contributed by atoms with Crippen LogP contribution in [0.4, 0.5) is 0 Å². The zero-order valence-corrected chi connectivity index (χ0v) is 12.4. The van der Waals surface area contributed by atoms with Gasteiger partial charge < -0.3 is 0 Å². The van der Waals surface area contributed by atoms with E-state index in [1.807, 2.05) is 72.8 Å². The lowest BCUT2D eigenvalue weighted by Crippen LogP contribution is -2.17. The Morgan fingerprint density at radius 1 is 0.739 bits per heavy atom. The van der Waals surface area contributed by atoms with Gasteiger partial charge in [0.05, 0.1) is 11.2 Å². The quantitative estimate of drug-likeness (QED) is 0.559. The molecule has 4 rings (SSSR count). The average molecular weight is 298 g/mol. The van der Waals surface area contributed by atoms with Gasteiger partial charge in [-0.05, 0) is 24.3 Å². The molecular formula is C20H14N2O. The van der Waals surface area contributed by atoms with Crippen LogP contribution in [0.3, 0.4) is 0 Å². The predicted molar refractivity (Wildman–Crippen MR) is 92.8 cm³/mol. The summed E-state index contributed by atoms with van der Waals surface area (Å²) < 4.78 is 1.73.